The Morgan fingerprint density at radius 3 is 3.07 bits per heavy atom. The van der Waals surface area contributed by atoms with Crippen LogP contribution in [0.2, 0.25) is 0 Å². The minimum Gasteiger partial charge on any atom is -0.464 e. The molecule has 0 radical (unpaired) electrons. The van der Waals surface area contributed by atoms with Crippen molar-refractivity contribution in [3.8, 4) is 0 Å². The lowest BCUT2D eigenvalue weighted by Crippen LogP contribution is -2.04. The van der Waals surface area contributed by atoms with Crippen LogP contribution in [-0.4, -0.2) is 22.5 Å². The lowest BCUT2D eigenvalue weighted by molar-refractivity contribution is 0.0593. The molecule has 2 aromatic heterocycles. The highest BCUT2D eigenvalue weighted by Gasteiger charge is 2.11. The molecule has 0 aliphatic rings. The van der Waals surface area contributed by atoms with Gasteiger partial charge in [0, 0.05) is 10.7 Å². The number of carbonyl (C=O) groups is 1. The molecule has 0 saturated heterocycles. The smallest absolute Gasteiger partial charge is 0.356 e. The van der Waals surface area contributed by atoms with E-state index >= 15 is 0 Å². The average molecular weight is 255 g/mol. The summed E-state index contributed by atoms with van der Waals surface area (Å²) in [5.74, 6) is -0.393. The number of halogens is 1. The average Bonchev–Trinajstić information content (AvgIpc) is 2.59. The number of fused-ring (bicyclic) bond motifs is 1. The molecule has 0 spiro atoms. The van der Waals surface area contributed by atoms with Crippen LogP contribution in [0, 0.1) is 0 Å². The van der Waals surface area contributed by atoms with Crippen LogP contribution < -0.4 is 0 Å². The predicted molar refractivity (Wildman–Crippen MR) is 54.2 cm³/mol. The molecule has 0 aliphatic carbocycles. The fourth-order valence-electron chi connectivity index (χ4n) is 1.21. The minimum absolute atomic E-state index is 0.393. The first-order valence-electron chi connectivity index (χ1n) is 3.93. The number of imidazole rings is 1. The van der Waals surface area contributed by atoms with Crippen LogP contribution in [0.15, 0.2) is 29.0 Å². The van der Waals surface area contributed by atoms with Gasteiger partial charge in [-0.15, -0.1) is 0 Å². The van der Waals surface area contributed by atoms with Gasteiger partial charge >= 0.3 is 5.97 Å². The van der Waals surface area contributed by atoms with E-state index in [2.05, 4.69) is 25.7 Å². The van der Waals surface area contributed by atoms with Crippen LogP contribution in [0.3, 0.4) is 0 Å². The number of pyridine rings is 1. The monoisotopic (exact) mass is 254 g/mol. The largest absolute Gasteiger partial charge is 0.464 e. The Bertz CT molecular complexity index is 493. The van der Waals surface area contributed by atoms with Gasteiger partial charge in [0.15, 0.2) is 5.69 Å². The molecule has 0 N–H and O–H groups in total. The summed E-state index contributed by atoms with van der Waals surface area (Å²) in [6.45, 7) is 0. The number of nitrogens with zero attached hydrogens (tertiary/aromatic N) is 2. The quantitative estimate of drug-likeness (QED) is 0.731. The third-order valence-electron chi connectivity index (χ3n) is 1.86. The first-order chi connectivity index (χ1) is 6.72. The molecular weight excluding hydrogens is 248 g/mol. The maximum absolute atomic E-state index is 11.3. The standard InChI is InChI=1S/C9H7BrN2O2/c1-14-9(13)7-4-11-8-3-2-6(10)5-12(7)8/h2-5H,1H3. The van der Waals surface area contributed by atoms with Gasteiger partial charge in [0.25, 0.3) is 0 Å². The molecular formula is C9H7BrN2O2. The van der Waals surface area contributed by atoms with Crippen molar-refractivity contribution in [3.05, 3.63) is 34.7 Å². The van der Waals surface area contributed by atoms with Crippen LogP contribution in [0.25, 0.3) is 5.65 Å². The summed E-state index contributed by atoms with van der Waals surface area (Å²) in [6, 6.07) is 3.68. The summed E-state index contributed by atoms with van der Waals surface area (Å²) in [5.41, 5.74) is 1.14. The number of hydrogen-bond acceptors (Lipinski definition) is 3. The lowest BCUT2D eigenvalue weighted by Gasteiger charge is -1.99. The second kappa shape index (κ2) is 3.42. The van der Waals surface area contributed by atoms with Crippen molar-refractivity contribution < 1.29 is 9.53 Å². The number of esters is 1. The summed E-state index contributed by atoms with van der Waals surface area (Å²) in [5, 5.41) is 0. The van der Waals surface area contributed by atoms with Gasteiger partial charge in [0.2, 0.25) is 0 Å². The lowest BCUT2D eigenvalue weighted by atomic mass is 10.4. The molecule has 0 bridgehead atoms. The molecule has 14 heavy (non-hydrogen) atoms. The molecule has 0 aliphatic heterocycles. The van der Waals surface area contributed by atoms with E-state index in [1.54, 1.807) is 10.6 Å². The second-order valence-corrected chi connectivity index (χ2v) is 3.63. The maximum atomic E-state index is 11.3. The molecule has 0 amide bonds. The molecule has 0 aromatic carbocycles. The Morgan fingerprint density at radius 1 is 1.57 bits per heavy atom. The van der Waals surface area contributed by atoms with Crippen molar-refractivity contribution >= 4 is 27.5 Å². The Morgan fingerprint density at radius 2 is 2.36 bits per heavy atom. The predicted octanol–water partition coefficient (Wildman–Crippen LogP) is 1.88. The van der Waals surface area contributed by atoms with E-state index in [-0.39, 0.29) is 0 Å². The highest BCUT2D eigenvalue weighted by atomic mass is 79.9. The third-order valence-corrected chi connectivity index (χ3v) is 2.33. The highest BCUT2D eigenvalue weighted by molar-refractivity contribution is 9.10. The van der Waals surface area contributed by atoms with Gasteiger partial charge in [0.1, 0.15) is 5.65 Å². The van der Waals surface area contributed by atoms with Crippen molar-refractivity contribution in [2.75, 3.05) is 7.11 Å². The number of methoxy groups -OCH3 is 1. The SMILES string of the molecule is COC(=O)c1cnc2ccc(Br)cn12. The summed E-state index contributed by atoms with van der Waals surface area (Å²) >= 11 is 3.32. The van der Waals surface area contributed by atoms with Gasteiger partial charge in [-0.2, -0.15) is 0 Å². The molecule has 72 valence electrons. The van der Waals surface area contributed by atoms with E-state index in [9.17, 15) is 4.79 Å². The molecule has 0 saturated carbocycles. The third kappa shape index (κ3) is 1.39. The van der Waals surface area contributed by atoms with Crippen molar-refractivity contribution in [1.82, 2.24) is 9.38 Å². The first-order valence-corrected chi connectivity index (χ1v) is 4.72. The molecule has 2 rings (SSSR count). The fourth-order valence-corrected chi connectivity index (χ4v) is 1.55. The van der Waals surface area contributed by atoms with Gasteiger partial charge < -0.3 is 4.74 Å². The van der Waals surface area contributed by atoms with Crippen LogP contribution in [0.4, 0.5) is 0 Å². The molecule has 0 fully saturated rings. The van der Waals surface area contributed by atoms with Crippen molar-refractivity contribution in [2.45, 2.75) is 0 Å². The highest BCUT2D eigenvalue weighted by Crippen LogP contribution is 2.13. The normalized spacial score (nSPS) is 10.4. The van der Waals surface area contributed by atoms with Gasteiger partial charge in [0.05, 0.1) is 13.3 Å². The second-order valence-electron chi connectivity index (χ2n) is 2.71. The maximum Gasteiger partial charge on any atom is 0.356 e. The molecule has 0 unspecified atom stereocenters. The van der Waals surface area contributed by atoms with Crippen molar-refractivity contribution in [1.29, 1.82) is 0 Å². The minimum atomic E-state index is -0.393. The summed E-state index contributed by atoms with van der Waals surface area (Å²) < 4.78 is 7.19. The number of rotatable bonds is 1. The van der Waals surface area contributed by atoms with E-state index in [0.29, 0.717) is 11.3 Å². The van der Waals surface area contributed by atoms with Crippen LogP contribution in [0.5, 0.6) is 0 Å². The van der Waals surface area contributed by atoms with Crippen LogP contribution in [0.1, 0.15) is 10.5 Å². The number of ether oxygens (including phenoxy) is 1. The zero-order valence-corrected chi connectivity index (χ0v) is 8.98. The zero-order chi connectivity index (χ0) is 10.1. The molecule has 2 heterocycles. The Balaban J connectivity index is 2.67. The van der Waals surface area contributed by atoms with E-state index in [1.807, 2.05) is 12.1 Å². The van der Waals surface area contributed by atoms with E-state index in [0.717, 1.165) is 4.47 Å². The van der Waals surface area contributed by atoms with E-state index < -0.39 is 5.97 Å². The molecule has 0 atom stereocenters. The first kappa shape index (κ1) is 9.21. The van der Waals surface area contributed by atoms with Gasteiger partial charge in [-0.25, -0.2) is 9.78 Å². The molecule has 4 nitrogen and oxygen atoms in total. The Kier molecular flexibility index (Phi) is 2.25. The fraction of sp³-hybridized carbons (Fsp3) is 0.111. The van der Waals surface area contributed by atoms with Crippen LogP contribution >= 0.6 is 15.9 Å². The Hall–Kier alpha value is -1.36. The topological polar surface area (TPSA) is 43.6 Å². The summed E-state index contributed by atoms with van der Waals surface area (Å²) in [6.07, 6.45) is 3.27. The number of aromatic nitrogens is 2. The van der Waals surface area contributed by atoms with Gasteiger partial charge in [-0.1, -0.05) is 0 Å². The van der Waals surface area contributed by atoms with E-state index in [4.69, 9.17) is 0 Å². The summed E-state index contributed by atoms with van der Waals surface area (Å²) in [4.78, 5) is 15.4. The number of hydrogen-bond donors (Lipinski definition) is 0. The van der Waals surface area contributed by atoms with Gasteiger partial charge in [-0.3, -0.25) is 4.40 Å². The number of carbonyl (C=O) groups excluding carboxylic acids is 1. The van der Waals surface area contributed by atoms with Crippen LogP contribution in [-0.2, 0) is 4.74 Å². The van der Waals surface area contributed by atoms with Crippen molar-refractivity contribution in [3.63, 3.8) is 0 Å². The summed E-state index contributed by atoms with van der Waals surface area (Å²) in [7, 11) is 1.35. The van der Waals surface area contributed by atoms with Crippen molar-refractivity contribution in [2.24, 2.45) is 0 Å². The molecule has 5 heteroatoms. The molecule has 2 aromatic rings. The van der Waals surface area contributed by atoms with E-state index in [1.165, 1.54) is 13.3 Å². The Labute approximate surface area is 88.6 Å². The van der Waals surface area contributed by atoms with Gasteiger partial charge in [-0.05, 0) is 28.1 Å². The zero-order valence-electron chi connectivity index (χ0n) is 7.40.